The monoisotopic (exact) mass is 320 g/mol. The van der Waals surface area contributed by atoms with Crippen LogP contribution in [0.5, 0.6) is 0 Å². The Labute approximate surface area is 101 Å². The number of fused-ring (bicyclic) bond motifs is 1. The number of hydrogen-bond donors (Lipinski definition) is 0. The molecule has 2 aromatic rings. The van der Waals surface area contributed by atoms with Crippen molar-refractivity contribution >= 4 is 45.1 Å². The van der Waals surface area contributed by atoms with E-state index in [2.05, 4.69) is 47.6 Å². The lowest BCUT2D eigenvalue weighted by Gasteiger charge is -2.06. The van der Waals surface area contributed by atoms with Crippen molar-refractivity contribution in [2.45, 2.75) is 19.9 Å². The van der Waals surface area contributed by atoms with E-state index in [-0.39, 0.29) is 0 Å². The van der Waals surface area contributed by atoms with Gasteiger partial charge in [-0.15, -0.1) is 0 Å². The zero-order valence-corrected chi connectivity index (χ0v) is 10.9. The normalized spacial score (nSPS) is 11.5. The van der Waals surface area contributed by atoms with Crippen LogP contribution >= 0.6 is 34.2 Å². The summed E-state index contributed by atoms with van der Waals surface area (Å²) in [5.74, 6) is 0. The number of halogens is 2. The van der Waals surface area contributed by atoms with E-state index in [0.29, 0.717) is 6.04 Å². The Morgan fingerprint density at radius 3 is 2.79 bits per heavy atom. The van der Waals surface area contributed by atoms with Crippen LogP contribution in [0.2, 0.25) is 5.02 Å². The van der Waals surface area contributed by atoms with Crippen LogP contribution in [0, 0.1) is 3.70 Å². The van der Waals surface area contributed by atoms with Crippen molar-refractivity contribution in [3.63, 3.8) is 0 Å². The first kappa shape index (κ1) is 10.2. The van der Waals surface area contributed by atoms with E-state index >= 15 is 0 Å². The van der Waals surface area contributed by atoms with Gasteiger partial charge in [0.25, 0.3) is 0 Å². The maximum absolute atomic E-state index is 6.12. The number of nitrogens with zero attached hydrogens (tertiary/aromatic N) is 2. The molecule has 0 saturated heterocycles. The molecule has 0 N–H and O–H groups in total. The molecule has 0 spiro atoms. The van der Waals surface area contributed by atoms with E-state index in [9.17, 15) is 0 Å². The predicted octanol–water partition coefficient (Wildman–Crippen LogP) is 3.88. The molecule has 0 saturated carbocycles. The third kappa shape index (κ3) is 1.52. The predicted molar refractivity (Wildman–Crippen MR) is 67.8 cm³/mol. The van der Waals surface area contributed by atoms with Gasteiger partial charge in [0.15, 0.2) is 0 Å². The van der Waals surface area contributed by atoms with Gasteiger partial charge in [-0.05, 0) is 48.6 Å². The Kier molecular flexibility index (Phi) is 2.70. The summed E-state index contributed by atoms with van der Waals surface area (Å²) in [5.41, 5.74) is 1.11. The molecule has 1 aromatic carbocycles. The zero-order chi connectivity index (χ0) is 10.3. The summed E-state index contributed by atoms with van der Waals surface area (Å²) >= 11 is 8.34. The van der Waals surface area contributed by atoms with Crippen LogP contribution in [0.25, 0.3) is 10.9 Å². The summed E-state index contributed by atoms with van der Waals surface area (Å²) in [6.07, 6.45) is 0. The minimum Gasteiger partial charge on any atom is -0.261 e. The molecular formula is C10H10ClIN2. The lowest BCUT2D eigenvalue weighted by Crippen LogP contribution is -2.02. The van der Waals surface area contributed by atoms with Gasteiger partial charge in [0, 0.05) is 6.04 Å². The fourth-order valence-corrected chi connectivity index (χ4v) is 2.72. The molecule has 1 aromatic heterocycles. The van der Waals surface area contributed by atoms with Crippen LogP contribution in [0.15, 0.2) is 18.2 Å². The standard InChI is InChI=1S/C10H10ClIN2/c1-6(2)14-8-5-3-4-7(11)9(8)10(12)13-14/h3-6H,1-2H3. The number of hydrogen-bond acceptors (Lipinski definition) is 1. The molecule has 0 aliphatic heterocycles. The van der Waals surface area contributed by atoms with Crippen molar-refractivity contribution in [1.82, 2.24) is 9.78 Å². The van der Waals surface area contributed by atoms with Gasteiger partial charge in [-0.3, -0.25) is 4.68 Å². The summed E-state index contributed by atoms with van der Waals surface area (Å²) in [5, 5.41) is 6.30. The molecule has 0 aliphatic rings. The minimum absolute atomic E-state index is 0.361. The van der Waals surface area contributed by atoms with Crippen molar-refractivity contribution in [2.24, 2.45) is 0 Å². The molecule has 0 radical (unpaired) electrons. The van der Waals surface area contributed by atoms with Gasteiger partial charge >= 0.3 is 0 Å². The van der Waals surface area contributed by atoms with Crippen LogP contribution in [0.4, 0.5) is 0 Å². The van der Waals surface area contributed by atoms with Gasteiger partial charge in [0.05, 0.1) is 15.9 Å². The molecule has 1 heterocycles. The molecule has 0 amide bonds. The van der Waals surface area contributed by atoms with E-state index in [1.807, 2.05) is 16.8 Å². The highest BCUT2D eigenvalue weighted by Crippen LogP contribution is 2.29. The third-order valence-electron chi connectivity index (χ3n) is 2.13. The highest BCUT2D eigenvalue weighted by Gasteiger charge is 2.12. The average Bonchev–Trinajstić information content (AvgIpc) is 2.45. The Balaban J connectivity index is 2.84. The number of rotatable bonds is 1. The van der Waals surface area contributed by atoms with E-state index in [1.54, 1.807) is 0 Å². The lowest BCUT2D eigenvalue weighted by molar-refractivity contribution is 0.547. The first-order valence-corrected chi connectivity index (χ1v) is 5.89. The van der Waals surface area contributed by atoms with Crippen LogP contribution < -0.4 is 0 Å². The van der Waals surface area contributed by atoms with Gasteiger partial charge in [0.1, 0.15) is 3.70 Å². The topological polar surface area (TPSA) is 17.8 Å². The van der Waals surface area contributed by atoms with Crippen molar-refractivity contribution < 1.29 is 0 Å². The first-order chi connectivity index (χ1) is 6.61. The van der Waals surface area contributed by atoms with E-state index in [1.165, 1.54) is 0 Å². The molecule has 2 nitrogen and oxygen atoms in total. The molecule has 14 heavy (non-hydrogen) atoms. The molecule has 2 rings (SSSR count). The molecular weight excluding hydrogens is 310 g/mol. The Hall–Kier alpha value is -0.290. The van der Waals surface area contributed by atoms with Gasteiger partial charge in [0.2, 0.25) is 0 Å². The molecule has 74 valence electrons. The Bertz CT molecular complexity index is 476. The molecule has 0 fully saturated rings. The summed E-state index contributed by atoms with van der Waals surface area (Å²) in [6.45, 7) is 4.23. The number of benzene rings is 1. The Morgan fingerprint density at radius 1 is 1.43 bits per heavy atom. The molecule has 0 atom stereocenters. The SMILES string of the molecule is CC(C)n1nc(I)c2c(Cl)cccc21. The van der Waals surface area contributed by atoms with Gasteiger partial charge in [-0.25, -0.2) is 0 Å². The van der Waals surface area contributed by atoms with E-state index in [4.69, 9.17) is 11.6 Å². The highest BCUT2D eigenvalue weighted by molar-refractivity contribution is 14.1. The quantitative estimate of drug-likeness (QED) is 0.729. The third-order valence-corrected chi connectivity index (χ3v) is 3.20. The first-order valence-electron chi connectivity index (χ1n) is 4.43. The fourth-order valence-electron chi connectivity index (χ4n) is 1.50. The summed E-state index contributed by atoms with van der Waals surface area (Å²) in [4.78, 5) is 0. The second-order valence-electron chi connectivity index (χ2n) is 3.46. The molecule has 0 unspecified atom stereocenters. The van der Waals surface area contributed by atoms with Crippen LogP contribution in [-0.2, 0) is 0 Å². The maximum atomic E-state index is 6.12. The van der Waals surface area contributed by atoms with Gasteiger partial charge < -0.3 is 0 Å². The maximum Gasteiger partial charge on any atom is 0.132 e. The summed E-state index contributed by atoms with van der Waals surface area (Å²) in [6, 6.07) is 6.27. The minimum atomic E-state index is 0.361. The average molecular weight is 321 g/mol. The van der Waals surface area contributed by atoms with Crippen LogP contribution in [0.3, 0.4) is 0 Å². The van der Waals surface area contributed by atoms with E-state index < -0.39 is 0 Å². The smallest absolute Gasteiger partial charge is 0.132 e. The van der Waals surface area contributed by atoms with Crippen molar-refractivity contribution in [2.75, 3.05) is 0 Å². The van der Waals surface area contributed by atoms with Gasteiger partial charge in [-0.1, -0.05) is 17.7 Å². The summed E-state index contributed by atoms with van der Waals surface area (Å²) < 4.78 is 2.97. The van der Waals surface area contributed by atoms with Crippen molar-refractivity contribution in [3.8, 4) is 0 Å². The second kappa shape index (κ2) is 3.70. The highest BCUT2D eigenvalue weighted by atomic mass is 127. The van der Waals surface area contributed by atoms with Crippen molar-refractivity contribution in [3.05, 3.63) is 26.9 Å². The van der Waals surface area contributed by atoms with Gasteiger partial charge in [-0.2, -0.15) is 5.10 Å². The zero-order valence-electron chi connectivity index (χ0n) is 7.96. The second-order valence-corrected chi connectivity index (χ2v) is 4.89. The molecule has 0 bridgehead atoms. The Morgan fingerprint density at radius 2 is 2.14 bits per heavy atom. The fraction of sp³-hybridized carbons (Fsp3) is 0.300. The number of aromatic nitrogens is 2. The largest absolute Gasteiger partial charge is 0.261 e. The van der Waals surface area contributed by atoms with E-state index in [0.717, 1.165) is 19.6 Å². The van der Waals surface area contributed by atoms with Crippen molar-refractivity contribution in [1.29, 1.82) is 0 Å². The molecule has 4 heteroatoms. The lowest BCUT2D eigenvalue weighted by atomic mass is 10.2. The van der Waals surface area contributed by atoms with Crippen LogP contribution in [-0.4, -0.2) is 9.78 Å². The molecule has 0 aliphatic carbocycles. The summed E-state index contributed by atoms with van der Waals surface area (Å²) in [7, 11) is 0. The van der Waals surface area contributed by atoms with Crippen LogP contribution in [0.1, 0.15) is 19.9 Å².